The molecule has 0 aliphatic carbocycles. The minimum Gasteiger partial charge on any atom is -0.476 e. The second-order valence-corrected chi connectivity index (χ2v) is 3.57. The van der Waals surface area contributed by atoms with Gasteiger partial charge in [-0.25, -0.2) is 0 Å². The molecule has 1 aromatic heterocycles. The lowest BCUT2D eigenvalue weighted by Gasteiger charge is -2.05. The molecule has 0 spiro atoms. The number of hydrogen-bond donors (Lipinski definition) is 0. The highest BCUT2D eigenvalue weighted by molar-refractivity contribution is 5.26. The molecule has 0 N–H and O–H groups in total. The summed E-state index contributed by atoms with van der Waals surface area (Å²) in [5.74, 6) is 1.26. The zero-order valence-electron chi connectivity index (χ0n) is 8.87. The summed E-state index contributed by atoms with van der Waals surface area (Å²) in [7, 11) is 1.92. The van der Waals surface area contributed by atoms with Gasteiger partial charge in [-0.15, -0.1) is 5.10 Å². The minimum atomic E-state index is 0.473. The molecule has 0 saturated heterocycles. The zero-order valence-corrected chi connectivity index (χ0v) is 8.87. The van der Waals surface area contributed by atoms with Crippen molar-refractivity contribution >= 4 is 0 Å². The van der Waals surface area contributed by atoms with Crippen molar-refractivity contribution in [2.75, 3.05) is 6.61 Å². The molecule has 0 aliphatic rings. The van der Waals surface area contributed by atoms with Crippen molar-refractivity contribution in [3.63, 3.8) is 0 Å². The van der Waals surface area contributed by atoms with Crippen molar-refractivity contribution in [1.82, 2.24) is 9.78 Å². The molecule has 3 heteroatoms. The summed E-state index contributed by atoms with van der Waals surface area (Å²) < 4.78 is 7.34. The van der Waals surface area contributed by atoms with Crippen LogP contribution in [0.3, 0.4) is 0 Å². The standard InChI is InChI=1S/C10H18N2O/c1-5-6-13-10-9(8(2)3)7-12(4)11-10/h7-8H,5-6H2,1-4H3. The molecule has 1 heterocycles. The fourth-order valence-electron chi connectivity index (χ4n) is 1.19. The van der Waals surface area contributed by atoms with E-state index in [4.69, 9.17) is 4.74 Å². The molecule has 0 atom stereocenters. The number of rotatable bonds is 4. The van der Waals surface area contributed by atoms with Gasteiger partial charge in [-0.1, -0.05) is 20.8 Å². The molecule has 0 unspecified atom stereocenters. The Kier molecular flexibility index (Phi) is 3.34. The predicted molar refractivity (Wildman–Crippen MR) is 53.1 cm³/mol. The van der Waals surface area contributed by atoms with E-state index < -0.39 is 0 Å². The highest BCUT2D eigenvalue weighted by Gasteiger charge is 2.11. The van der Waals surface area contributed by atoms with Crippen LogP contribution in [-0.2, 0) is 7.05 Å². The van der Waals surface area contributed by atoms with Crippen LogP contribution in [0, 0.1) is 0 Å². The molecule has 0 fully saturated rings. The lowest BCUT2D eigenvalue weighted by atomic mass is 10.1. The van der Waals surface area contributed by atoms with Crippen molar-refractivity contribution in [3.05, 3.63) is 11.8 Å². The first-order valence-corrected chi connectivity index (χ1v) is 4.81. The Morgan fingerprint density at radius 1 is 1.54 bits per heavy atom. The molecular formula is C10H18N2O. The van der Waals surface area contributed by atoms with E-state index in [1.54, 1.807) is 4.68 Å². The smallest absolute Gasteiger partial charge is 0.236 e. The quantitative estimate of drug-likeness (QED) is 0.714. The van der Waals surface area contributed by atoms with Crippen LogP contribution in [-0.4, -0.2) is 16.4 Å². The molecule has 0 radical (unpaired) electrons. The van der Waals surface area contributed by atoms with Crippen molar-refractivity contribution in [3.8, 4) is 5.88 Å². The molecule has 0 aliphatic heterocycles. The first kappa shape index (κ1) is 10.1. The van der Waals surface area contributed by atoms with Gasteiger partial charge in [-0.05, 0) is 12.3 Å². The molecular weight excluding hydrogens is 164 g/mol. The fraction of sp³-hybridized carbons (Fsp3) is 0.700. The first-order valence-electron chi connectivity index (χ1n) is 4.81. The van der Waals surface area contributed by atoms with Crippen molar-refractivity contribution in [1.29, 1.82) is 0 Å². The summed E-state index contributed by atoms with van der Waals surface area (Å²) in [6.45, 7) is 7.14. The third-order valence-corrected chi connectivity index (χ3v) is 1.89. The Hall–Kier alpha value is -0.990. The van der Waals surface area contributed by atoms with Crippen LogP contribution in [0.2, 0.25) is 0 Å². The third-order valence-electron chi connectivity index (χ3n) is 1.89. The Labute approximate surface area is 79.7 Å². The van der Waals surface area contributed by atoms with Gasteiger partial charge >= 0.3 is 0 Å². The molecule has 0 aromatic carbocycles. The van der Waals surface area contributed by atoms with Gasteiger partial charge in [-0.3, -0.25) is 4.68 Å². The maximum Gasteiger partial charge on any atom is 0.236 e. The lowest BCUT2D eigenvalue weighted by molar-refractivity contribution is 0.298. The summed E-state index contributed by atoms with van der Waals surface area (Å²) >= 11 is 0. The van der Waals surface area contributed by atoms with Gasteiger partial charge in [0.05, 0.1) is 6.61 Å². The monoisotopic (exact) mass is 182 g/mol. The summed E-state index contributed by atoms with van der Waals surface area (Å²) in [6.07, 6.45) is 3.05. The molecule has 13 heavy (non-hydrogen) atoms. The highest BCUT2D eigenvalue weighted by Crippen LogP contribution is 2.24. The maximum absolute atomic E-state index is 5.54. The van der Waals surface area contributed by atoms with Crippen LogP contribution < -0.4 is 4.74 Å². The van der Waals surface area contributed by atoms with Gasteiger partial charge in [0, 0.05) is 18.8 Å². The topological polar surface area (TPSA) is 27.1 Å². The molecule has 1 aromatic rings. The second kappa shape index (κ2) is 4.30. The second-order valence-electron chi connectivity index (χ2n) is 3.57. The van der Waals surface area contributed by atoms with E-state index >= 15 is 0 Å². The fourth-order valence-corrected chi connectivity index (χ4v) is 1.19. The SMILES string of the molecule is CCCOc1nn(C)cc1C(C)C. The minimum absolute atomic E-state index is 0.473. The average Bonchev–Trinajstić information content (AvgIpc) is 2.43. The van der Waals surface area contributed by atoms with Gasteiger partial charge in [-0.2, -0.15) is 0 Å². The van der Waals surface area contributed by atoms with Crippen LogP contribution in [0.25, 0.3) is 0 Å². The van der Waals surface area contributed by atoms with E-state index in [1.165, 1.54) is 5.56 Å². The maximum atomic E-state index is 5.54. The average molecular weight is 182 g/mol. The van der Waals surface area contributed by atoms with Gasteiger partial charge in [0.2, 0.25) is 5.88 Å². The summed E-state index contributed by atoms with van der Waals surface area (Å²) in [6, 6.07) is 0. The van der Waals surface area contributed by atoms with E-state index in [0.29, 0.717) is 5.92 Å². The highest BCUT2D eigenvalue weighted by atomic mass is 16.5. The Morgan fingerprint density at radius 3 is 2.77 bits per heavy atom. The van der Waals surface area contributed by atoms with Crippen LogP contribution in [0.4, 0.5) is 0 Å². The number of aromatic nitrogens is 2. The Bertz CT molecular complexity index is 266. The Balaban J connectivity index is 2.78. The number of hydrogen-bond acceptors (Lipinski definition) is 2. The molecule has 3 nitrogen and oxygen atoms in total. The van der Waals surface area contributed by atoms with Crippen molar-refractivity contribution < 1.29 is 4.74 Å². The number of nitrogens with zero attached hydrogens (tertiary/aromatic N) is 2. The van der Waals surface area contributed by atoms with E-state index in [1.807, 2.05) is 13.2 Å². The van der Waals surface area contributed by atoms with Gasteiger partial charge in [0.1, 0.15) is 0 Å². The van der Waals surface area contributed by atoms with Gasteiger partial charge in [0.15, 0.2) is 0 Å². The third kappa shape index (κ3) is 2.47. The normalized spacial score (nSPS) is 10.8. The van der Waals surface area contributed by atoms with Crippen molar-refractivity contribution in [2.24, 2.45) is 7.05 Å². The van der Waals surface area contributed by atoms with Crippen LogP contribution in [0.15, 0.2) is 6.20 Å². The van der Waals surface area contributed by atoms with Gasteiger partial charge < -0.3 is 4.74 Å². The van der Waals surface area contributed by atoms with Crippen LogP contribution in [0.1, 0.15) is 38.7 Å². The molecule has 0 bridgehead atoms. The predicted octanol–water partition coefficient (Wildman–Crippen LogP) is 2.33. The molecule has 74 valence electrons. The molecule has 0 saturated carbocycles. The Morgan fingerprint density at radius 2 is 2.23 bits per heavy atom. The summed E-state index contributed by atoms with van der Waals surface area (Å²) in [5.41, 5.74) is 1.19. The largest absolute Gasteiger partial charge is 0.476 e. The van der Waals surface area contributed by atoms with Crippen molar-refractivity contribution in [2.45, 2.75) is 33.1 Å². The number of ether oxygens (including phenoxy) is 1. The molecule has 1 rings (SSSR count). The van der Waals surface area contributed by atoms with E-state index in [-0.39, 0.29) is 0 Å². The summed E-state index contributed by atoms with van der Waals surface area (Å²) in [5, 5.41) is 4.26. The van der Waals surface area contributed by atoms with Crippen LogP contribution >= 0.6 is 0 Å². The first-order chi connectivity index (χ1) is 6.15. The van der Waals surface area contributed by atoms with E-state index in [2.05, 4.69) is 25.9 Å². The molecule has 0 amide bonds. The number of aryl methyl sites for hydroxylation is 1. The van der Waals surface area contributed by atoms with Crippen LogP contribution in [0.5, 0.6) is 5.88 Å². The zero-order chi connectivity index (χ0) is 9.84. The lowest BCUT2D eigenvalue weighted by Crippen LogP contribution is -1.99. The van der Waals surface area contributed by atoms with E-state index in [0.717, 1.165) is 18.9 Å². The summed E-state index contributed by atoms with van der Waals surface area (Å²) in [4.78, 5) is 0. The van der Waals surface area contributed by atoms with E-state index in [9.17, 15) is 0 Å². The van der Waals surface area contributed by atoms with Gasteiger partial charge in [0.25, 0.3) is 0 Å².